The number of rotatable bonds is 8. The first-order valence-electron chi connectivity index (χ1n) is 4.31. The van der Waals surface area contributed by atoms with Crippen molar-refractivity contribution < 1.29 is 5.11 Å². The number of aliphatic hydroxyl groups excluding tert-OH is 1. The van der Waals surface area contributed by atoms with Gasteiger partial charge in [-0.2, -0.15) is 10.0 Å². The first-order valence-corrected chi connectivity index (χ1v) is 4.31. The summed E-state index contributed by atoms with van der Waals surface area (Å²) in [6, 6.07) is 0. The largest absolute Gasteiger partial charge is 0.396 e. The summed E-state index contributed by atoms with van der Waals surface area (Å²) in [5.41, 5.74) is 0. The molecule has 0 aliphatic carbocycles. The molecule has 0 fully saturated rings. The van der Waals surface area contributed by atoms with E-state index in [1.807, 2.05) is 0 Å². The van der Waals surface area contributed by atoms with E-state index in [9.17, 15) is 4.91 Å². The second-order valence-electron chi connectivity index (χ2n) is 2.84. The molecule has 6 heteroatoms. The van der Waals surface area contributed by atoms with Crippen LogP contribution in [0, 0.1) is 10.8 Å². The van der Waals surface area contributed by atoms with Crippen molar-refractivity contribution in [2.75, 3.05) is 19.7 Å². The molecule has 0 aliphatic rings. The first kappa shape index (κ1) is 12.0. The second-order valence-corrected chi connectivity index (χ2v) is 2.84. The second kappa shape index (κ2) is 9.05. The lowest BCUT2D eigenvalue weighted by Gasteiger charge is -2.07. The Morgan fingerprint density at radius 1 is 1.38 bits per heavy atom. The first-order chi connectivity index (χ1) is 6.35. The van der Waals surface area contributed by atoms with Crippen molar-refractivity contribution in [3.63, 3.8) is 0 Å². The number of hydrogen-bond acceptors (Lipinski definition) is 5. The molecule has 0 aromatic heterocycles. The van der Waals surface area contributed by atoms with Crippen LogP contribution in [0.1, 0.15) is 19.3 Å². The third-order valence-corrected chi connectivity index (χ3v) is 1.79. The fraction of sp³-hybridized carbons (Fsp3) is 1.00. The SMILES string of the molecule is NN=NCCCCC(CO)CN=O. The number of nitrogens with zero attached hydrogens (tertiary/aromatic N) is 3. The van der Waals surface area contributed by atoms with E-state index in [1.165, 1.54) is 0 Å². The normalized spacial score (nSPS) is 13.3. The van der Waals surface area contributed by atoms with Gasteiger partial charge in [0.05, 0.1) is 13.1 Å². The maximum Gasteiger partial charge on any atom is 0.0861 e. The number of nitrogens with two attached hydrogens (primary N) is 1. The van der Waals surface area contributed by atoms with E-state index in [1.54, 1.807) is 0 Å². The van der Waals surface area contributed by atoms with Crippen LogP contribution in [0.15, 0.2) is 15.5 Å². The highest BCUT2D eigenvalue weighted by atomic mass is 16.3. The molecule has 0 aromatic carbocycles. The van der Waals surface area contributed by atoms with E-state index in [-0.39, 0.29) is 19.1 Å². The maximum absolute atomic E-state index is 9.90. The molecule has 0 saturated heterocycles. The zero-order valence-corrected chi connectivity index (χ0v) is 7.59. The molecular weight excluding hydrogens is 172 g/mol. The lowest BCUT2D eigenvalue weighted by molar-refractivity contribution is 0.220. The van der Waals surface area contributed by atoms with Crippen molar-refractivity contribution in [1.82, 2.24) is 0 Å². The summed E-state index contributed by atoms with van der Waals surface area (Å²) in [4.78, 5) is 9.90. The molecule has 0 heterocycles. The third-order valence-electron chi connectivity index (χ3n) is 1.79. The van der Waals surface area contributed by atoms with Crippen molar-refractivity contribution in [2.45, 2.75) is 19.3 Å². The van der Waals surface area contributed by atoms with Crippen LogP contribution < -0.4 is 5.84 Å². The van der Waals surface area contributed by atoms with E-state index >= 15 is 0 Å². The molecule has 3 N–H and O–H groups in total. The Labute approximate surface area is 77.2 Å². The van der Waals surface area contributed by atoms with E-state index < -0.39 is 0 Å². The highest BCUT2D eigenvalue weighted by Crippen LogP contribution is 2.08. The molecule has 0 amide bonds. The van der Waals surface area contributed by atoms with Gasteiger partial charge in [-0.3, -0.25) is 0 Å². The average Bonchev–Trinajstić information content (AvgIpc) is 2.16. The molecule has 76 valence electrons. The molecule has 6 nitrogen and oxygen atoms in total. The Morgan fingerprint density at radius 2 is 2.15 bits per heavy atom. The van der Waals surface area contributed by atoms with Crippen molar-refractivity contribution in [1.29, 1.82) is 0 Å². The van der Waals surface area contributed by atoms with E-state index in [2.05, 4.69) is 15.5 Å². The van der Waals surface area contributed by atoms with Crippen LogP contribution in [0.3, 0.4) is 0 Å². The summed E-state index contributed by atoms with van der Waals surface area (Å²) in [7, 11) is 0. The van der Waals surface area contributed by atoms with Gasteiger partial charge in [0.1, 0.15) is 0 Å². The predicted octanol–water partition coefficient (Wildman–Crippen LogP) is 0.857. The molecule has 0 rings (SSSR count). The lowest BCUT2D eigenvalue weighted by atomic mass is 10.0. The van der Waals surface area contributed by atoms with Gasteiger partial charge in [0.25, 0.3) is 0 Å². The summed E-state index contributed by atoms with van der Waals surface area (Å²) >= 11 is 0. The van der Waals surface area contributed by atoms with Crippen LogP contribution >= 0.6 is 0 Å². The van der Waals surface area contributed by atoms with Crippen molar-refractivity contribution >= 4 is 0 Å². The van der Waals surface area contributed by atoms with Crippen molar-refractivity contribution in [3.8, 4) is 0 Å². The van der Waals surface area contributed by atoms with Crippen LogP contribution in [0.4, 0.5) is 0 Å². The third kappa shape index (κ3) is 7.32. The molecule has 1 unspecified atom stereocenters. The average molecular weight is 188 g/mol. The quantitative estimate of drug-likeness (QED) is 0.194. The summed E-state index contributed by atoms with van der Waals surface area (Å²) < 4.78 is 0. The monoisotopic (exact) mass is 188 g/mol. The minimum absolute atomic E-state index is 0.00712. The number of hydrogen-bond donors (Lipinski definition) is 2. The molecule has 0 aliphatic heterocycles. The van der Waals surface area contributed by atoms with Crippen LogP contribution in [0.2, 0.25) is 0 Å². The molecule has 0 aromatic rings. The maximum atomic E-state index is 9.90. The predicted molar refractivity (Wildman–Crippen MR) is 49.0 cm³/mol. The van der Waals surface area contributed by atoms with Gasteiger partial charge in [0, 0.05) is 12.5 Å². The van der Waals surface area contributed by atoms with Crippen LogP contribution in [-0.4, -0.2) is 24.8 Å². The molecule has 0 spiro atoms. The highest BCUT2D eigenvalue weighted by molar-refractivity contribution is 4.60. The highest BCUT2D eigenvalue weighted by Gasteiger charge is 2.06. The van der Waals surface area contributed by atoms with Crippen LogP contribution in [-0.2, 0) is 0 Å². The summed E-state index contributed by atoms with van der Waals surface area (Å²) in [5, 5.41) is 18.3. The fourth-order valence-corrected chi connectivity index (χ4v) is 1.02. The number of aliphatic hydroxyl groups is 1. The molecule has 0 saturated carbocycles. The smallest absolute Gasteiger partial charge is 0.0861 e. The fourth-order valence-electron chi connectivity index (χ4n) is 1.02. The zero-order chi connectivity index (χ0) is 9.94. The van der Waals surface area contributed by atoms with Gasteiger partial charge in [-0.1, -0.05) is 16.8 Å². The Balaban J connectivity index is 3.32. The van der Waals surface area contributed by atoms with E-state index in [4.69, 9.17) is 10.9 Å². The van der Waals surface area contributed by atoms with Crippen LogP contribution in [0.25, 0.3) is 0 Å². The van der Waals surface area contributed by atoms with Gasteiger partial charge in [-0.25, -0.2) is 0 Å². The molecule has 0 bridgehead atoms. The summed E-state index contributed by atoms with van der Waals surface area (Å²) in [6.07, 6.45) is 2.57. The minimum Gasteiger partial charge on any atom is -0.396 e. The molecular formula is C7H16N4O2. The molecule has 1 atom stereocenters. The van der Waals surface area contributed by atoms with Crippen molar-refractivity contribution in [3.05, 3.63) is 4.91 Å². The van der Waals surface area contributed by atoms with Crippen LogP contribution in [0.5, 0.6) is 0 Å². The number of nitroso groups, excluding NO2 is 1. The Kier molecular flexibility index (Phi) is 8.33. The van der Waals surface area contributed by atoms with Gasteiger partial charge in [0.15, 0.2) is 0 Å². The minimum atomic E-state index is -0.00712. The Morgan fingerprint density at radius 3 is 2.69 bits per heavy atom. The van der Waals surface area contributed by atoms with Gasteiger partial charge < -0.3 is 10.9 Å². The molecule has 0 radical (unpaired) electrons. The Hall–Kier alpha value is -1.04. The zero-order valence-electron chi connectivity index (χ0n) is 7.59. The van der Waals surface area contributed by atoms with Crippen molar-refractivity contribution in [2.24, 2.45) is 27.3 Å². The Bertz CT molecular complexity index is 151. The van der Waals surface area contributed by atoms with Gasteiger partial charge in [0.2, 0.25) is 0 Å². The van der Waals surface area contributed by atoms with E-state index in [0.29, 0.717) is 6.54 Å². The number of unbranched alkanes of at least 4 members (excludes halogenated alkanes) is 1. The summed E-state index contributed by atoms with van der Waals surface area (Å²) in [6.45, 7) is 0.808. The van der Waals surface area contributed by atoms with Gasteiger partial charge in [-0.05, 0) is 12.8 Å². The standard InChI is InChI=1S/C7H16N4O2/c8-11-9-4-2-1-3-7(6-12)5-10-13/h7,12H,1-6H2,(H2,8,9). The van der Waals surface area contributed by atoms with Gasteiger partial charge in [-0.15, -0.1) is 0 Å². The lowest BCUT2D eigenvalue weighted by Crippen LogP contribution is -2.09. The topological polar surface area (TPSA) is 100 Å². The molecule has 13 heavy (non-hydrogen) atoms. The van der Waals surface area contributed by atoms with Gasteiger partial charge >= 0.3 is 0 Å². The summed E-state index contributed by atoms with van der Waals surface area (Å²) in [5.74, 6) is 4.80. The van der Waals surface area contributed by atoms with E-state index in [0.717, 1.165) is 19.3 Å².